The van der Waals surface area contributed by atoms with E-state index in [1.807, 2.05) is 0 Å². The molecule has 6 heteroatoms. The largest absolute Gasteiger partial charge is 0.370 e. The van der Waals surface area contributed by atoms with E-state index in [1.165, 1.54) is 0 Å². The molecule has 0 saturated carbocycles. The SMILES string of the molecule is CC(C)CCNC(N)=NCC(C)N1CCN(C)CC1.I. The van der Waals surface area contributed by atoms with Gasteiger partial charge in [-0.25, -0.2) is 0 Å². The first-order valence-corrected chi connectivity index (χ1v) is 7.45. The summed E-state index contributed by atoms with van der Waals surface area (Å²) in [4.78, 5) is 9.30. The van der Waals surface area contributed by atoms with Gasteiger partial charge in [-0.2, -0.15) is 0 Å². The maximum absolute atomic E-state index is 5.87. The Morgan fingerprint density at radius 3 is 2.35 bits per heavy atom. The molecule has 20 heavy (non-hydrogen) atoms. The van der Waals surface area contributed by atoms with Crippen LogP contribution >= 0.6 is 24.0 Å². The molecule has 5 nitrogen and oxygen atoms in total. The summed E-state index contributed by atoms with van der Waals surface area (Å²) in [5.74, 6) is 1.28. The summed E-state index contributed by atoms with van der Waals surface area (Å²) in [6.45, 7) is 12.9. The Balaban J connectivity index is 0.00000361. The van der Waals surface area contributed by atoms with Crippen LogP contribution < -0.4 is 11.1 Å². The van der Waals surface area contributed by atoms with Gasteiger partial charge in [0.2, 0.25) is 0 Å². The molecule has 1 aliphatic rings. The van der Waals surface area contributed by atoms with E-state index in [2.05, 4.69) is 47.9 Å². The summed E-state index contributed by atoms with van der Waals surface area (Å²) in [7, 11) is 2.18. The standard InChI is InChI=1S/C14H31N5.HI/c1-12(2)5-6-16-14(15)17-11-13(3)19-9-7-18(4)8-10-19;/h12-13H,5-11H2,1-4H3,(H3,15,16,17);1H. The van der Waals surface area contributed by atoms with Crippen LogP contribution in [0.3, 0.4) is 0 Å². The fourth-order valence-corrected chi connectivity index (χ4v) is 2.15. The third-order valence-electron chi connectivity index (χ3n) is 3.71. The van der Waals surface area contributed by atoms with E-state index in [9.17, 15) is 0 Å². The van der Waals surface area contributed by atoms with Gasteiger partial charge < -0.3 is 16.0 Å². The minimum Gasteiger partial charge on any atom is -0.370 e. The molecule has 120 valence electrons. The highest BCUT2D eigenvalue weighted by atomic mass is 127. The van der Waals surface area contributed by atoms with Crippen LogP contribution in [0.1, 0.15) is 27.2 Å². The van der Waals surface area contributed by atoms with Crippen molar-refractivity contribution in [1.82, 2.24) is 15.1 Å². The average Bonchev–Trinajstić information content (AvgIpc) is 2.36. The predicted molar refractivity (Wildman–Crippen MR) is 97.9 cm³/mol. The first kappa shape index (κ1) is 19.9. The lowest BCUT2D eigenvalue weighted by Gasteiger charge is -2.35. The van der Waals surface area contributed by atoms with Crippen molar-refractivity contribution in [2.75, 3.05) is 46.3 Å². The van der Waals surface area contributed by atoms with Crippen molar-refractivity contribution in [2.24, 2.45) is 16.6 Å². The van der Waals surface area contributed by atoms with Gasteiger partial charge in [-0.05, 0) is 26.3 Å². The van der Waals surface area contributed by atoms with E-state index >= 15 is 0 Å². The van der Waals surface area contributed by atoms with Crippen molar-refractivity contribution in [3.05, 3.63) is 0 Å². The Labute approximate surface area is 141 Å². The van der Waals surface area contributed by atoms with E-state index < -0.39 is 0 Å². The van der Waals surface area contributed by atoms with Crippen LogP contribution in [0, 0.1) is 5.92 Å². The molecule has 0 aliphatic carbocycles. The zero-order valence-electron chi connectivity index (χ0n) is 13.4. The average molecular weight is 397 g/mol. The molecule has 1 heterocycles. The molecule has 0 radical (unpaired) electrons. The molecule has 1 atom stereocenters. The van der Waals surface area contributed by atoms with Crippen molar-refractivity contribution in [3.63, 3.8) is 0 Å². The molecule has 0 spiro atoms. The van der Waals surface area contributed by atoms with Gasteiger partial charge >= 0.3 is 0 Å². The molecule has 0 aromatic rings. The van der Waals surface area contributed by atoms with E-state index in [1.54, 1.807) is 0 Å². The summed E-state index contributed by atoms with van der Waals surface area (Å²) in [5.41, 5.74) is 5.87. The van der Waals surface area contributed by atoms with Gasteiger partial charge in [0.25, 0.3) is 0 Å². The Morgan fingerprint density at radius 2 is 1.80 bits per heavy atom. The molecule has 1 aliphatic heterocycles. The second kappa shape index (κ2) is 10.6. The Kier molecular flexibility index (Phi) is 10.6. The zero-order valence-corrected chi connectivity index (χ0v) is 15.8. The van der Waals surface area contributed by atoms with Gasteiger partial charge in [-0.15, -0.1) is 24.0 Å². The van der Waals surface area contributed by atoms with Gasteiger partial charge in [-0.1, -0.05) is 13.8 Å². The fourth-order valence-electron chi connectivity index (χ4n) is 2.15. The molecular formula is C14H32IN5. The van der Waals surface area contributed by atoms with Crippen LogP contribution in [0.2, 0.25) is 0 Å². The van der Waals surface area contributed by atoms with Crippen LogP contribution in [0.4, 0.5) is 0 Å². The maximum atomic E-state index is 5.87. The number of nitrogens with two attached hydrogens (primary N) is 1. The Morgan fingerprint density at radius 1 is 1.20 bits per heavy atom. The lowest BCUT2D eigenvalue weighted by molar-refractivity contribution is 0.122. The molecule has 0 amide bonds. The quantitative estimate of drug-likeness (QED) is 0.402. The van der Waals surface area contributed by atoms with E-state index in [0.29, 0.717) is 17.9 Å². The number of halogens is 1. The topological polar surface area (TPSA) is 56.9 Å². The third kappa shape index (κ3) is 8.26. The number of rotatable bonds is 6. The Bertz CT molecular complexity index is 275. The minimum atomic E-state index is 0. The van der Waals surface area contributed by atoms with Crippen molar-refractivity contribution in [3.8, 4) is 0 Å². The second-order valence-electron chi connectivity index (χ2n) is 6.02. The van der Waals surface area contributed by atoms with Crippen molar-refractivity contribution in [2.45, 2.75) is 33.2 Å². The van der Waals surface area contributed by atoms with Gasteiger partial charge in [0, 0.05) is 38.8 Å². The molecule has 1 unspecified atom stereocenters. The monoisotopic (exact) mass is 397 g/mol. The number of likely N-dealkylation sites (N-methyl/N-ethyl adjacent to an activating group) is 1. The van der Waals surface area contributed by atoms with Crippen molar-refractivity contribution >= 4 is 29.9 Å². The lowest BCUT2D eigenvalue weighted by atomic mass is 10.1. The maximum Gasteiger partial charge on any atom is 0.188 e. The van der Waals surface area contributed by atoms with Crippen LogP contribution in [-0.2, 0) is 0 Å². The molecular weight excluding hydrogens is 365 g/mol. The first-order valence-electron chi connectivity index (χ1n) is 7.45. The van der Waals surface area contributed by atoms with E-state index in [4.69, 9.17) is 5.73 Å². The predicted octanol–water partition coefficient (Wildman–Crippen LogP) is 1.19. The highest BCUT2D eigenvalue weighted by Crippen LogP contribution is 2.05. The van der Waals surface area contributed by atoms with Crippen molar-refractivity contribution in [1.29, 1.82) is 0 Å². The molecule has 0 aromatic carbocycles. The number of nitrogens with one attached hydrogen (secondary N) is 1. The number of aliphatic imine (C=N–C) groups is 1. The first-order chi connectivity index (χ1) is 8.99. The normalized spacial score (nSPS) is 19.8. The molecule has 1 fully saturated rings. The third-order valence-corrected chi connectivity index (χ3v) is 3.71. The van der Waals surface area contributed by atoms with Gasteiger partial charge in [0.15, 0.2) is 5.96 Å². The lowest BCUT2D eigenvalue weighted by Crippen LogP contribution is -2.49. The molecule has 0 bridgehead atoms. The van der Waals surface area contributed by atoms with E-state index in [-0.39, 0.29) is 24.0 Å². The molecule has 0 aromatic heterocycles. The van der Waals surface area contributed by atoms with Gasteiger partial charge in [0.05, 0.1) is 6.54 Å². The smallest absolute Gasteiger partial charge is 0.188 e. The van der Waals surface area contributed by atoms with Crippen molar-refractivity contribution < 1.29 is 0 Å². The van der Waals surface area contributed by atoms with Gasteiger partial charge in [-0.3, -0.25) is 9.89 Å². The van der Waals surface area contributed by atoms with Crippen LogP contribution in [0.5, 0.6) is 0 Å². The summed E-state index contributed by atoms with van der Waals surface area (Å²) in [6.07, 6.45) is 1.13. The number of nitrogens with zero attached hydrogens (tertiary/aromatic N) is 3. The van der Waals surface area contributed by atoms with Gasteiger partial charge in [0.1, 0.15) is 0 Å². The van der Waals surface area contributed by atoms with Crippen LogP contribution in [0.15, 0.2) is 4.99 Å². The second-order valence-corrected chi connectivity index (χ2v) is 6.02. The van der Waals surface area contributed by atoms with E-state index in [0.717, 1.165) is 45.7 Å². The molecule has 1 saturated heterocycles. The summed E-state index contributed by atoms with van der Waals surface area (Å²) in [6, 6.07) is 0.471. The van der Waals surface area contributed by atoms with Crippen LogP contribution in [-0.4, -0.2) is 68.1 Å². The summed E-state index contributed by atoms with van der Waals surface area (Å²) in [5, 5.41) is 3.18. The summed E-state index contributed by atoms with van der Waals surface area (Å²) >= 11 is 0. The number of hydrogen-bond donors (Lipinski definition) is 2. The highest BCUT2D eigenvalue weighted by Gasteiger charge is 2.18. The number of guanidine groups is 1. The zero-order chi connectivity index (χ0) is 14.3. The molecule has 1 rings (SSSR count). The fraction of sp³-hybridized carbons (Fsp3) is 0.929. The number of hydrogen-bond acceptors (Lipinski definition) is 3. The minimum absolute atomic E-state index is 0. The number of piperazine rings is 1. The Hall–Kier alpha value is -0.0800. The summed E-state index contributed by atoms with van der Waals surface area (Å²) < 4.78 is 0. The molecule has 3 N–H and O–H groups in total. The highest BCUT2D eigenvalue weighted by molar-refractivity contribution is 14.0. The van der Waals surface area contributed by atoms with Crippen LogP contribution in [0.25, 0.3) is 0 Å².